The van der Waals surface area contributed by atoms with E-state index in [9.17, 15) is 8.42 Å². The molecule has 0 amide bonds. The first-order valence-corrected chi connectivity index (χ1v) is 9.37. The number of hydrogen-bond donors (Lipinski definition) is 1. The summed E-state index contributed by atoms with van der Waals surface area (Å²) in [4.78, 5) is 2.48. The zero-order valence-corrected chi connectivity index (χ0v) is 12.6. The van der Waals surface area contributed by atoms with Crippen LogP contribution in [0.2, 0.25) is 0 Å². The number of sulfone groups is 1. The molecule has 1 aliphatic carbocycles. The number of hydrogen-bond acceptors (Lipinski definition) is 6. The lowest BCUT2D eigenvalue weighted by Crippen LogP contribution is -2.34. The van der Waals surface area contributed by atoms with Gasteiger partial charge in [-0.25, -0.2) is 8.42 Å². The second-order valence-electron chi connectivity index (χ2n) is 5.57. The van der Waals surface area contributed by atoms with Crippen LogP contribution < -0.4 is 10.6 Å². The smallest absolute Gasteiger partial charge is 0.182 e. The molecular weight excluding hydrogens is 282 g/mol. The molecule has 1 saturated heterocycles. The van der Waals surface area contributed by atoms with Crippen molar-refractivity contribution >= 4 is 32.2 Å². The predicted octanol–water partition coefficient (Wildman–Crippen LogP) is 1.90. The number of nitrogens with zero attached hydrogens (tertiary/aromatic N) is 2. The third-order valence-electron chi connectivity index (χ3n) is 4.30. The van der Waals surface area contributed by atoms with Gasteiger partial charge in [-0.1, -0.05) is 12.8 Å². The molecule has 2 fully saturated rings. The molecule has 0 aromatic carbocycles. The highest BCUT2D eigenvalue weighted by Crippen LogP contribution is 2.43. The molecular formula is C12H19N3O2S2. The van der Waals surface area contributed by atoms with Crippen LogP contribution in [0.15, 0.2) is 4.90 Å². The number of aromatic nitrogens is 1. The third kappa shape index (κ3) is 2.23. The fourth-order valence-electron chi connectivity index (χ4n) is 3.47. The average Bonchev–Trinajstić information content (AvgIpc) is 2.91. The van der Waals surface area contributed by atoms with Crippen molar-refractivity contribution in [3.05, 3.63) is 0 Å². The molecule has 2 unspecified atom stereocenters. The van der Waals surface area contributed by atoms with Gasteiger partial charge < -0.3 is 10.6 Å². The molecule has 19 heavy (non-hydrogen) atoms. The Kier molecular flexibility index (Phi) is 3.21. The Balaban J connectivity index is 1.99. The summed E-state index contributed by atoms with van der Waals surface area (Å²) >= 11 is 1.23. The van der Waals surface area contributed by atoms with Gasteiger partial charge in [0.25, 0.3) is 0 Å². The minimum absolute atomic E-state index is 0.154. The lowest BCUT2D eigenvalue weighted by molar-refractivity contribution is 0.342. The van der Waals surface area contributed by atoms with Crippen LogP contribution in [0.3, 0.4) is 0 Å². The Morgan fingerprint density at radius 2 is 2.05 bits per heavy atom. The van der Waals surface area contributed by atoms with E-state index in [2.05, 4.69) is 9.27 Å². The van der Waals surface area contributed by atoms with Gasteiger partial charge in [-0.2, -0.15) is 4.37 Å². The maximum absolute atomic E-state index is 11.9. The van der Waals surface area contributed by atoms with Gasteiger partial charge in [0.1, 0.15) is 9.90 Å². The fraction of sp³-hybridized carbons (Fsp3) is 0.750. The third-order valence-corrected chi connectivity index (χ3v) is 6.47. The molecule has 2 aliphatic rings. The Hall–Kier alpha value is -0.820. The van der Waals surface area contributed by atoms with Gasteiger partial charge in [0.05, 0.1) is 0 Å². The molecule has 0 bridgehead atoms. The van der Waals surface area contributed by atoms with Crippen LogP contribution in [0.5, 0.6) is 0 Å². The van der Waals surface area contributed by atoms with Crippen molar-refractivity contribution in [3.63, 3.8) is 0 Å². The van der Waals surface area contributed by atoms with Gasteiger partial charge >= 0.3 is 0 Å². The van der Waals surface area contributed by atoms with E-state index in [1.807, 2.05) is 0 Å². The summed E-state index contributed by atoms with van der Waals surface area (Å²) in [6.45, 7) is 0.930. The highest BCUT2D eigenvalue weighted by molar-refractivity contribution is 7.91. The standard InChI is InChI=1S/C12H19N3O2S2/c1-19(16,17)10-11(13)14-18-12(10)15-7-6-8-4-2-3-5-9(8)15/h8-9H,2-7H2,1H3,(H2,13,14). The van der Waals surface area contributed by atoms with E-state index in [0.717, 1.165) is 24.4 Å². The number of fused-ring (bicyclic) bond motifs is 1. The molecule has 5 nitrogen and oxygen atoms in total. The molecule has 1 aromatic rings. The van der Waals surface area contributed by atoms with E-state index >= 15 is 0 Å². The number of anilines is 2. The Morgan fingerprint density at radius 1 is 1.32 bits per heavy atom. The largest absolute Gasteiger partial charge is 0.382 e. The van der Waals surface area contributed by atoms with Crippen molar-refractivity contribution in [2.45, 2.75) is 43.0 Å². The summed E-state index contributed by atoms with van der Waals surface area (Å²) < 4.78 is 27.9. The predicted molar refractivity (Wildman–Crippen MR) is 77.3 cm³/mol. The summed E-state index contributed by atoms with van der Waals surface area (Å²) in [6.07, 6.45) is 7.34. The molecule has 106 valence electrons. The minimum atomic E-state index is -3.31. The van der Waals surface area contributed by atoms with E-state index in [1.165, 1.54) is 37.1 Å². The van der Waals surface area contributed by atoms with Crippen molar-refractivity contribution in [2.24, 2.45) is 5.92 Å². The molecule has 1 saturated carbocycles. The fourth-order valence-corrected chi connectivity index (χ4v) is 5.75. The lowest BCUT2D eigenvalue weighted by atomic mass is 9.85. The van der Waals surface area contributed by atoms with Gasteiger partial charge in [0.2, 0.25) is 0 Å². The van der Waals surface area contributed by atoms with Crippen molar-refractivity contribution in [1.82, 2.24) is 4.37 Å². The van der Waals surface area contributed by atoms with E-state index in [0.29, 0.717) is 12.0 Å². The first-order chi connectivity index (χ1) is 8.98. The van der Waals surface area contributed by atoms with E-state index in [4.69, 9.17) is 5.73 Å². The quantitative estimate of drug-likeness (QED) is 0.903. The van der Waals surface area contributed by atoms with Crippen molar-refractivity contribution in [1.29, 1.82) is 0 Å². The molecule has 7 heteroatoms. The molecule has 1 aliphatic heterocycles. The highest BCUT2D eigenvalue weighted by atomic mass is 32.2. The van der Waals surface area contributed by atoms with Crippen LogP contribution in [-0.2, 0) is 9.84 Å². The molecule has 0 spiro atoms. The molecule has 0 radical (unpaired) electrons. The normalized spacial score (nSPS) is 27.5. The van der Waals surface area contributed by atoms with Crippen LogP contribution in [0.1, 0.15) is 32.1 Å². The van der Waals surface area contributed by atoms with Crippen LogP contribution in [0.4, 0.5) is 10.8 Å². The topological polar surface area (TPSA) is 76.3 Å². The average molecular weight is 301 g/mol. The SMILES string of the molecule is CS(=O)(=O)c1c(N)nsc1N1CCC2CCCCC21. The zero-order chi connectivity index (χ0) is 13.6. The number of rotatable bonds is 2. The van der Waals surface area contributed by atoms with Crippen LogP contribution in [0, 0.1) is 5.92 Å². The number of nitrogens with two attached hydrogens (primary N) is 1. The maximum Gasteiger partial charge on any atom is 0.182 e. The summed E-state index contributed by atoms with van der Waals surface area (Å²) in [5, 5.41) is 0.759. The van der Waals surface area contributed by atoms with Gasteiger partial charge in [0.15, 0.2) is 15.7 Å². The lowest BCUT2D eigenvalue weighted by Gasteiger charge is -2.32. The van der Waals surface area contributed by atoms with Gasteiger partial charge in [-0.3, -0.25) is 0 Å². The van der Waals surface area contributed by atoms with Crippen molar-refractivity contribution in [2.75, 3.05) is 23.4 Å². The minimum Gasteiger partial charge on any atom is -0.382 e. The first kappa shape index (κ1) is 13.2. The van der Waals surface area contributed by atoms with E-state index < -0.39 is 9.84 Å². The zero-order valence-electron chi connectivity index (χ0n) is 11.0. The van der Waals surface area contributed by atoms with Gasteiger partial charge in [-0.05, 0) is 36.7 Å². The van der Waals surface area contributed by atoms with Gasteiger partial charge in [0, 0.05) is 18.8 Å². The summed E-state index contributed by atoms with van der Waals surface area (Å²) in [5.41, 5.74) is 5.76. The first-order valence-electron chi connectivity index (χ1n) is 6.70. The number of nitrogen functional groups attached to an aromatic ring is 1. The Labute approximate surface area is 117 Å². The van der Waals surface area contributed by atoms with Gasteiger partial charge in [-0.15, -0.1) is 0 Å². The summed E-state index contributed by atoms with van der Waals surface area (Å²) in [5.74, 6) is 0.867. The molecule has 2 atom stereocenters. The van der Waals surface area contributed by atoms with E-state index in [1.54, 1.807) is 0 Å². The maximum atomic E-state index is 11.9. The van der Waals surface area contributed by atoms with Crippen LogP contribution in [0.25, 0.3) is 0 Å². The Morgan fingerprint density at radius 3 is 2.79 bits per heavy atom. The molecule has 3 rings (SSSR count). The van der Waals surface area contributed by atoms with Crippen molar-refractivity contribution < 1.29 is 8.42 Å². The summed E-state index contributed by atoms with van der Waals surface area (Å²) in [7, 11) is -3.31. The second kappa shape index (κ2) is 4.63. The van der Waals surface area contributed by atoms with E-state index in [-0.39, 0.29) is 10.7 Å². The summed E-state index contributed by atoms with van der Waals surface area (Å²) in [6, 6.07) is 0.481. The molecule has 2 heterocycles. The second-order valence-corrected chi connectivity index (χ2v) is 8.27. The molecule has 2 N–H and O–H groups in total. The highest BCUT2D eigenvalue weighted by Gasteiger charge is 2.39. The monoisotopic (exact) mass is 301 g/mol. The Bertz CT molecular complexity index is 582. The van der Waals surface area contributed by atoms with Crippen LogP contribution >= 0.6 is 11.5 Å². The van der Waals surface area contributed by atoms with Crippen LogP contribution in [-0.4, -0.2) is 31.6 Å². The molecule has 1 aromatic heterocycles. The van der Waals surface area contributed by atoms with Crippen molar-refractivity contribution in [3.8, 4) is 0 Å².